The van der Waals surface area contributed by atoms with Crippen LogP contribution in [0.15, 0.2) is 18.2 Å². The van der Waals surface area contributed by atoms with Crippen LogP contribution < -0.4 is 16.0 Å². The van der Waals surface area contributed by atoms with E-state index in [1.807, 2.05) is 6.92 Å². The molecule has 0 aliphatic heterocycles. The lowest BCUT2D eigenvalue weighted by Gasteiger charge is -2.15. The van der Waals surface area contributed by atoms with Crippen molar-refractivity contribution >= 4 is 46.5 Å². The van der Waals surface area contributed by atoms with Gasteiger partial charge in [0.25, 0.3) is 0 Å². The summed E-state index contributed by atoms with van der Waals surface area (Å²) in [5.41, 5.74) is 2.12. The highest BCUT2D eigenvalue weighted by Gasteiger charge is 2.11. The number of rotatable bonds is 9. The first-order chi connectivity index (χ1) is 12.9. The average Bonchev–Trinajstić information content (AvgIpc) is 2.63. The number of methoxy groups -OCH3 is 1. The molecule has 2 amide bonds. The predicted octanol–water partition coefficient (Wildman–Crippen LogP) is 2.13. The normalized spacial score (nSPS) is 10.0. The van der Waals surface area contributed by atoms with E-state index < -0.39 is 11.9 Å². The van der Waals surface area contributed by atoms with Crippen molar-refractivity contribution in [2.75, 3.05) is 31.0 Å². The fourth-order valence-corrected chi connectivity index (χ4v) is 2.24. The van der Waals surface area contributed by atoms with Gasteiger partial charge in [0, 0.05) is 31.3 Å². The molecule has 0 aliphatic carbocycles. The zero-order valence-corrected chi connectivity index (χ0v) is 16.5. The number of amides is 2. The third kappa shape index (κ3) is 8.61. The number of ether oxygens (including phenoxy) is 2. The van der Waals surface area contributed by atoms with Gasteiger partial charge in [-0.15, -0.1) is 0 Å². The molecule has 1 aromatic rings. The number of hydrogen-bond donors (Lipinski definition) is 3. The molecule has 9 heteroatoms. The van der Waals surface area contributed by atoms with Gasteiger partial charge in [-0.25, -0.2) is 0 Å². The molecule has 27 heavy (non-hydrogen) atoms. The van der Waals surface area contributed by atoms with Crippen LogP contribution in [0.2, 0.25) is 0 Å². The summed E-state index contributed by atoms with van der Waals surface area (Å²) >= 11 is 5.13. The van der Waals surface area contributed by atoms with Crippen molar-refractivity contribution in [3.8, 4) is 0 Å². The third-order valence-electron chi connectivity index (χ3n) is 3.54. The van der Waals surface area contributed by atoms with Crippen LogP contribution in [0, 0.1) is 6.92 Å². The minimum absolute atomic E-state index is 0.0424. The topological polar surface area (TPSA) is 106 Å². The van der Waals surface area contributed by atoms with E-state index in [1.165, 1.54) is 7.11 Å². The highest BCUT2D eigenvalue weighted by Crippen LogP contribution is 2.23. The molecule has 0 unspecified atom stereocenters. The molecule has 0 radical (unpaired) electrons. The fraction of sp³-hybridized carbons (Fsp3) is 0.444. The lowest BCUT2D eigenvalue weighted by atomic mass is 10.1. The molecular weight excluding hydrogens is 370 g/mol. The predicted molar refractivity (Wildman–Crippen MR) is 107 cm³/mol. The summed E-state index contributed by atoms with van der Waals surface area (Å²) < 4.78 is 9.64. The second kappa shape index (κ2) is 12.0. The van der Waals surface area contributed by atoms with Crippen molar-refractivity contribution in [3.05, 3.63) is 23.8 Å². The molecule has 0 bridgehead atoms. The summed E-state index contributed by atoms with van der Waals surface area (Å²) in [6, 6.07) is 5.33. The lowest BCUT2D eigenvalue weighted by Crippen LogP contribution is -2.34. The summed E-state index contributed by atoms with van der Waals surface area (Å²) in [5, 5.41) is 8.33. The van der Waals surface area contributed by atoms with Gasteiger partial charge in [-0.1, -0.05) is 13.0 Å². The zero-order valence-electron chi connectivity index (χ0n) is 15.7. The molecule has 0 atom stereocenters. The number of nitrogens with one attached hydrogen (secondary N) is 3. The van der Waals surface area contributed by atoms with Gasteiger partial charge in [-0.3, -0.25) is 14.4 Å². The maximum absolute atomic E-state index is 11.9. The van der Waals surface area contributed by atoms with Crippen LogP contribution >= 0.6 is 12.2 Å². The molecule has 1 aromatic carbocycles. The fourth-order valence-electron chi connectivity index (χ4n) is 2.01. The Morgan fingerprint density at radius 3 is 2.33 bits per heavy atom. The average molecular weight is 395 g/mol. The highest BCUT2D eigenvalue weighted by molar-refractivity contribution is 7.80. The summed E-state index contributed by atoms with van der Waals surface area (Å²) in [7, 11) is 1.50. The Hall–Kier alpha value is -2.52. The zero-order chi connectivity index (χ0) is 20.2. The molecule has 0 spiro atoms. The van der Waals surface area contributed by atoms with E-state index in [-0.39, 0.29) is 30.5 Å². The Balaban J connectivity index is 2.50. The summed E-state index contributed by atoms with van der Waals surface area (Å²) in [4.78, 5) is 34.9. The van der Waals surface area contributed by atoms with Crippen LogP contribution in [0.1, 0.15) is 31.7 Å². The first-order valence-corrected chi connectivity index (χ1v) is 8.93. The largest absolute Gasteiger partial charge is 0.463 e. The number of benzene rings is 1. The standard InChI is InChI=1S/C18H25N3O5S/c1-4-15(22)19-13-6-5-7-14(12(13)2)20-18(27)21-16(23)8-9-17(24)26-11-10-25-3/h5-7H,4,8-11H2,1-3H3,(H,19,22)(H2,20,21,23,27). The Morgan fingerprint density at radius 2 is 1.70 bits per heavy atom. The van der Waals surface area contributed by atoms with Gasteiger partial charge >= 0.3 is 5.97 Å². The Labute approximate surface area is 164 Å². The number of thiocarbonyl (C=S) groups is 1. The molecule has 8 nitrogen and oxygen atoms in total. The summed E-state index contributed by atoms with van der Waals surface area (Å²) in [6.45, 7) is 4.06. The summed E-state index contributed by atoms with van der Waals surface area (Å²) in [5.74, 6) is -0.968. The van der Waals surface area contributed by atoms with Gasteiger partial charge in [0.05, 0.1) is 13.0 Å². The van der Waals surface area contributed by atoms with Crippen LogP contribution in [0.4, 0.5) is 11.4 Å². The van der Waals surface area contributed by atoms with Crippen molar-refractivity contribution < 1.29 is 23.9 Å². The van der Waals surface area contributed by atoms with E-state index in [4.69, 9.17) is 21.7 Å². The van der Waals surface area contributed by atoms with Gasteiger partial charge in [-0.05, 0) is 36.8 Å². The van der Waals surface area contributed by atoms with E-state index in [2.05, 4.69) is 16.0 Å². The first-order valence-electron chi connectivity index (χ1n) is 8.52. The van der Waals surface area contributed by atoms with Crippen molar-refractivity contribution in [1.82, 2.24) is 5.32 Å². The summed E-state index contributed by atoms with van der Waals surface area (Å²) in [6.07, 6.45) is 0.286. The van der Waals surface area contributed by atoms with Crippen molar-refractivity contribution in [2.24, 2.45) is 0 Å². The number of anilines is 2. The molecule has 0 saturated heterocycles. The highest BCUT2D eigenvalue weighted by atomic mass is 32.1. The Morgan fingerprint density at radius 1 is 1.04 bits per heavy atom. The molecule has 0 saturated carbocycles. The van der Waals surface area contributed by atoms with Crippen LogP contribution in [0.3, 0.4) is 0 Å². The van der Waals surface area contributed by atoms with Crippen LogP contribution in [0.25, 0.3) is 0 Å². The third-order valence-corrected chi connectivity index (χ3v) is 3.74. The van der Waals surface area contributed by atoms with Gasteiger partial charge in [0.1, 0.15) is 6.61 Å². The van der Waals surface area contributed by atoms with Crippen LogP contribution in [0.5, 0.6) is 0 Å². The van der Waals surface area contributed by atoms with Crippen molar-refractivity contribution in [3.63, 3.8) is 0 Å². The first kappa shape index (κ1) is 22.5. The molecule has 0 aliphatic rings. The van der Waals surface area contributed by atoms with E-state index in [0.717, 1.165) is 5.56 Å². The Bertz CT molecular complexity index is 694. The maximum atomic E-state index is 11.9. The van der Waals surface area contributed by atoms with Gasteiger partial charge < -0.3 is 25.4 Å². The van der Waals surface area contributed by atoms with E-state index in [9.17, 15) is 14.4 Å². The minimum Gasteiger partial charge on any atom is -0.463 e. The van der Waals surface area contributed by atoms with E-state index in [1.54, 1.807) is 25.1 Å². The van der Waals surface area contributed by atoms with E-state index >= 15 is 0 Å². The SMILES string of the molecule is CCC(=O)Nc1cccc(NC(=S)NC(=O)CCC(=O)OCCOC)c1C. The lowest BCUT2D eigenvalue weighted by molar-refractivity contribution is -0.146. The number of hydrogen-bond acceptors (Lipinski definition) is 6. The number of esters is 1. The molecule has 0 heterocycles. The van der Waals surface area contributed by atoms with Gasteiger partial charge in [0.2, 0.25) is 11.8 Å². The molecule has 3 N–H and O–H groups in total. The van der Waals surface area contributed by atoms with Crippen molar-refractivity contribution in [2.45, 2.75) is 33.1 Å². The molecule has 0 fully saturated rings. The van der Waals surface area contributed by atoms with Crippen LogP contribution in [-0.4, -0.2) is 43.2 Å². The maximum Gasteiger partial charge on any atom is 0.306 e. The second-order valence-electron chi connectivity index (χ2n) is 5.60. The molecule has 148 valence electrons. The monoisotopic (exact) mass is 395 g/mol. The number of carbonyl (C=O) groups excluding carboxylic acids is 3. The van der Waals surface area contributed by atoms with E-state index in [0.29, 0.717) is 24.4 Å². The van der Waals surface area contributed by atoms with Crippen LogP contribution in [-0.2, 0) is 23.9 Å². The van der Waals surface area contributed by atoms with Gasteiger partial charge in [0.15, 0.2) is 5.11 Å². The van der Waals surface area contributed by atoms with Gasteiger partial charge in [-0.2, -0.15) is 0 Å². The molecule has 0 aromatic heterocycles. The Kier molecular flexibility index (Phi) is 9.99. The smallest absolute Gasteiger partial charge is 0.306 e. The number of carbonyl (C=O) groups is 3. The quantitative estimate of drug-likeness (QED) is 0.334. The molecule has 1 rings (SSSR count). The van der Waals surface area contributed by atoms with Crippen molar-refractivity contribution in [1.29, 1.82) is 0 Å². The second-order valence-corrected chi connectivity index (χ2v) is 6.00. The molecular formula is C18H25N3O5S. The minimum atomic E-state index is -0.476.